The normalized spacial score (nSPS) is 20.6. The minimum Gasteiger partial charge on any atom is -0.477 e. The number of amides is 2. The Morgan fingerprint density at radius 1 is 1.22 bits per heavy atom. The molecule has 6 rings (SSSR count). The number of rotatable bonds is 5. The number of halogens is 2. The molecule has 2 aromatic heterocycles. The quantitative estimate of drug-likeness (QED) is 0.462. The number of carbonyl (C=O) groups is 1. The molecule has 2 bridgehead atoms. The van der Waals surface area contributed by atoms with Gasteiger partial charge in [-0.05, 0) is 67.3 Å². The molecule has 9 heteroatoms. The van der Waals surface area contributed by atoms with Gasteiger partial charge in [0.05, 0.1) is 23.4 Å². The van der Waals surface area contributed by atoms with Crippen LogP contribution in [0.5, 0.6) is 5.88 Å². The molecule has 186 valence electrons. The molecule has 7 nitrogen and oxygen atoms in total. The molecule has 3 aliphatic rings. The molecule has 36 heavy (non-hydrogen) atoms. The molecule has 0 spiro atoms. The molecule has 4 heterocycles. The molecule has 2 fully saturated rings. The van der Waals surface area contributed by atoms with Crippen LogP contribution in [0.15, 0.2) is 47.5 Å². The third-order valence-electron chi connectivity index (χ3n) is 7.63. The molecule has 0 unspecified atom stereocenters. The molecule has 2 atom stereocenters. The van der Waals surface area contributed by atoms with Crippen LogP contribution in [0.2, 0.25) is 5.02 Å². The lowest BCUT2D eigenvalue weighted by Crippen LogP contribution is -2.44. The van der Waals surface area contributed by atoms with Crippen molar-refractivity contribution in [1.82, 2.24) is 14.9 Å². The number of ether oxygens (including phenoxy) is 1. The van der Waals surface area contributed by atoms with E-state index in [-0.39, 0.29) is 29.4 Å². The van der Waals surface area contributed by atoms with E-state index in [0.29, 0.717) is 41.0 Å². The summed E-state index contributed by atoms with van der Waals surface area (Å²) in [7, 11) is 0. The van der Waals surface area contributed by atoms with Crippen molar-refractivity contribution in [3.63, 3.8) is 0 Å². The molecule has 2 aliphatic heterocycles. The first kappa shape index (κ1) is 23.0. The van der Waals surface area contributed by atoms with Crippen LogP contribution >= 0.6 is 11.6 Å². The number of aromatic amines is 1. The van der Waals surface area contributed by atoms with E-state index in [1.807, 2.05) is 0 Å². The van der Waals surface area contributed by atoms with Crippen molar-refractivity contribution in [1.29, 1.82) is 0 Å². The largest absolute Gasteiger partial charge is 0.477 e. The molecule has 0 radical (unpaired) electrons. The first-order valence-electron chi connectivity index (χ1n) is 12.4. The zero-order valence-electron chi connectivity index (χ0n) is 19.6. The van der Waals surface area contributed by atoms with Gasteiger partial charge in [0.1, 0.15) is 5.82 Å². The number of benzene rings is 1. The summed E-state index contributed by atoms with van der Waals surface area (Å²) in [5.41, 5.74) is 2.94. The van der Waals surface area contributed by atoms with Gasteiger partial charge in [0, 0.05) is 41.7 Å². The first-order valence-corrected chi connectivity index (χ1v) is 12.7. The van der Waals surface area contributed by atoms with Crippen molar-refractivity contribution in [3.05, 3.63) is 75.0 Å². The van der Waals surface area contributed by atoms with Gasteiger partial charge in [-0.2, -0.15) is 0 Å². The number of pyridine rings is 2. The van der Waals surface area contributed by atoms with Crippen molar-refractivity contribution in [2.24, 2.45) is 5.92 Å². The molecular weight excluding hydrogens is 483 g/mol. The summed E-state index contributed by atoms with van der Waals surface area (Å²) in [4.78, 5) is 33.7. The number of carbonyl (C=O) groups excluding carboxylic acids is 1. The van der Waals surface area contributed by atoms with Gasteiger partial charge in [-0.3, -0.25) is 4.79 Å². The van der Waals surface area contributed by atoms with E-state index in [0.717, 1.165) is 24.0 Å². The highest BCUT2D eigenvalue weighted by Gasteiger charge is 2.43. The fourth-order valence-corrected chi connectivity index (χ4v) is 5.77. The minimum atomic E-state index is -0.581. The van der Waals surface area contributed by atoms with Crippen molar-refractivity contribution in [2.75, 3.05) is 11.9 Å². The van der Waals surface area contributed by atoms with Gasteiger partial charge in [0.25, 0.3) is 0 Å². The smallest absolute Gasteiger partial charge is 0.322 e. The summed E-state index contributed by atoms with van der Waals surface area (Å²) in [6, 6.07) is 7.36. The van der Waals surface area contributed by atoms with Crippen LogP contribution in [0.25, 0.3) is 11.1 Å². The summed E-state index contributed by atoms with van der Waals surface area (Å²) in [5, 5.41) is 3.02. The third kappa shape index (κ3) is 4.23. The minimum absolute atomic E-state index is 0.0221. The van der Waals surface area contributed by atoms with E-state index in [1.54, 1.807) is 35.5 Å². The highest BCUT2D eigenvalue weighted by Crippen LogP contribution is 2.43. The van der Waals surface area contributed by atoms with Crippen LogP contribution in [-0.2, 0) is 6.42 Å². The van der Waals surface area contributed by atoms with Crippen LogP contribution in [0.3, 0.4) is 0 Å². The van der Waals surface area contributed by atoms with Crippen LogP contribution in [0.1, 0.15) is 49.3 Å². The van der Waals surface area contributed by atoms with Crippen LogP contribution < -0.4 is 15.6 Å². The average Bonchev–Trinajstić information content (AvgIpc) is 3.15. The number of urea groups is 1. The number of fused-ring (bicyclic) bond motifs is 4. The molecular formula is C27H26ClFN4O3. The predicted molar refractivity (Wildman–Crippen MR) is 135 cm³/mol. The zero-order chi connectivity index (χ0) is 24.8. The Hall–Kier alpha value is -3.39. The van der Waals surface area contributed by atoms with E-state index < -0.39 is 5.82 Å². The fourth-order valence-electron chi connectivity index (χ4n) is 5.49. The molecule has 2 amide bonds. The summed E-state index contributed by atoms with van der Waals surface area (Å²) < 4.78 is 20.8. The Kier molecular flexibility index (Phi) is 5.91. The van der Waals surface area contributed by atoms with E-state index in [1.165, 1.54) is 31.4 Å². The Morgan fingerprint density at radius 3 is 2.83 bits per heavy atom. The Balaban J connectivity index is 1.17. The summed E-state index contributed by atoms with van der Waals surface area (Å²) in [5.74, 6) is 0.562. The van der Waals surface area contributed by atoms with E-state index in [4.69, 9.17) is 16.3 Å². The van der Waals surface area contributed by atoms with Crippen LogP contribution in [0, 0.1) is 11.7 Å². The number of aromatic nitrogens is 2. The first-order chi connectivity index (χ1) is 17.5. The second kappa shape index (κ2) is 9.24. The van der Waals surface area contributed by atoms with Gasteiger partial charge < -0.3 is 19.9 Å². The van der Waals surface area contributed by atoms with Crippen molar-refractivity contribution < 1.29 is 13.9 Å². The van der Waals surface area contributed by atoms with Gasteiger partial charge in [-0.25, -0.2) is 14.2 Å². The second-order valence-corrected chi connectivity index (χ2v) is 10.3. The number of anilines is 1. The molecule has 1 saturated carbocycles. The van der Waals surface area contributed by atoms with Crippen molar-refractivity contribution in [2.45, 2.75) is 50.6 Å². The number of H-pyrrole nitrogens is 1. The monoisotopic (exact) mass is 508 g/mol. The number of nitrogens with one attached hydrogen (secondary N) is 2. The summed E-state index contributed by atoms with van der Waals surface area (Å²) in [6.07, 6.45) is 9.19. The SMILES string of the molecule is O=C(Nc1cc(Cl)c(-c2ccc(OCC3CCC3)nc2)cc1F)N1[C@H]2CC[C@@H]1c1c[nH]c(=O)cc1C2. The van der Waals surface area contributed by atoms with E-state index in [2.05, 4.69) is 15.3 Å². The zero-order valence-corrected chi connectivity index (χ0v) is 20.4. The lowest BCUT2D eigenvalue weighted by atomic mass is 9.86. The van der Waals surface area contributed by atoms with Gasteiger partial charge in [0.15, 0.2) is 0 Å². The topological polar surface area (TPSA) is 87.3 Å². The highest BCUT2D eigenvalue weighted by molar-refractivity contribution is 6.33. The van der Waals surface area contributed by atoms with Gasteiger partial charge in [-0.15, -0.1) is 0 Å². The Labute approximate surface area is 212 Å². The van der Waals surface area contributed by atoms with Gasteiger partial charge >= 0.3 is 6.03 Å². The van der Waals surface area contributed by atoms with E-state index in [9.17, 15) is 9.59 Å². The van der Waals surface area contributed by atoms with Gasteiger partial charge in [-0.1, -0.05) is 18.0 Å². The number of hydrogen-bond acceptors (Lipinski definition) is 4. The fraction of sp³-hybridized carbons (Fsp3) is 0.370. The number of nitrogens with zero attached hydrogens (tertiary/aromatic N) is 2. The number of hydrogen-bond donors (Lipinski definition) is 2. The maximum absolute atomic E-state index is 15.1. The van der Waals surface area contributed by atoms with Crippen molar-refractivity contribution >= 4 is 23.3 Å². The van der Waals surface area contributed by atoms with Crippen LogP contribution in [-0.4, -0.2) is 33.5 Å². The third-order valence-corrected chi connectivity index (χ3v) is 7.95. The highest BCUT2D eigenvalue weighted by atomic mass is 35.5. The molecule has 2 N–H and O–H groups in total. The molecule has 1 aliphatic carbocycles. The van der Waals surface area contributed by atoms with Gasteiger partial charge in [0.2, 0.25) is 11.4 Å². The lowest BCUT2D eigenvalue weighted by molar-refractivity contribution is 0.175. The average molecular weight is 509 g/mol. The Morgan fingerprint density at radius 2 is 2.08 bits per heavy atom. The molecule has 1 saturated heterocycles. The Bertz CT molecular complexity index is 1370. The molecule has 1 aromatic carbocycles. The standard InChI is InChI=1S/C27H26ClFN4O3/c28-21-11-23(22(29)10-19(21)16-4-7-26(31-12-16)36-14-15-2-1-3-15)32-27(35)33-18-5-6-24(33)20-13-30-25(34)9-17(20)8-18/h4,7,9-13,15,18,24H,1-3,5-6,8,14H2,(H,30,34)(H,32,35)/t18-,24+/m0/s1. The summed E-state index contributed by atoms with van der Waals surface area (Å²) >= 11 is 6.50. The summed E-state index contributed by atoms with van der Waals surface area (Å²) in [6.45, 7) is 0.665. The lowest BCUT2D eigenvalue weighted by Gasteiger charge is -2.36. The second-order valence-electron chi connectivity index (χ2n) is 9.87. The maximum Gasteiger partial charge on any atom is 0.322 e. The maximum atomic E-state index is 15.1. The molecule has 3 aromatic rings. The van der Waals surface area contributed by atoms with Crippen molar-refractivity contribution in [3.8, 4) is 17.0 Å². The predicted octanol–water partition coefficient (Wildman–Crippen LogP) is 5.70. The van der Waals surface area contributed by atoms with Crippen LogP contribution in [0.4, 0.5) is 14.9 Å². The van der Waals surface area contributed by atoms with E-state index >= 15 is 4.39 Å².